The van der Waals surface area contributed by atoms with E-state index in [-0.39, 0.29) is 0 Å². The lowest BCUT2D eigenvalue weighted by Gasteiger charge is -2.47. The molecule has 1 aliphatic rings. The lowest BCUT2D eigenvalue weighted by Crippen LogP contribution is -2.61. The summed E-state index contributed by atoms with van der Waals surface area (Å²) < 4.78 is 0. The first-order valence-corrected chi connectivity index (χ1v) is 5.52. The third-order valence-electron chi connectivity index (χ3n) is 3.52. The molecule has 1 heterocycles. The molecular formula is C13H19N. The Labute approximate surface area is 86.5 Å². The van der Waals surface area contributed by atoms with Crippen molar-refractivity contribution < 1.29 is 0 Å². The smallest absolute Gasteiger partial charge is 0.0256 e. The second kappa shape index (κ2) is 3.74. The third kappa shape index (κ3) is 1.69. The Morgan fingerprint density at radius 1 is 1.29 bits per heavy atom. The van der Waals surface area contributed by atoms with Crippen LogP contribution in [0.4, 0.5) is 0 Å². The molecule has 1 heteroatoms. The quantitative estimate of drug-likeness (QED) is 0.770. The zero-order chi connectivity index (χ0) is 10.0. The highest BCUT2D eigenvalue weighted by Crippen LogP contribution is 2.31. The summed E-state index contributed by atoms with van der Waals surface area (Å²) in [6.07, 6.45) is 2.49. The van der Waals surface area contributed by atoms with Crippen molar-refractivity contribution in [2.75, 3.05) is 6.54 Å². The molecule has 1 saturated heterocycles. The summed E-state index contributed by atoms with van der Waals surface area (Å²) in [5, 5.41) is 3.61. The number of benzene rings is 1. The summed E-state index contributed by atoms with van der Waals surface area (Å²) in [6, 6.07) is 10.8. The number of nitrogens with one attached hydrogen (secondary N) is 1. The van der Waals surface area contributed by atoms with Crippen LogP contribution in [-0.2, 0) is 6.42 Å². The predicted octanol–water partition coefficient (Wildman–Crippen LogP) is 2.62. The van der Waals surface area contributed by atoms with Gasteiger partial charge in [-0.15, -0.1) is 0 Å². The number of rotatable bonds is 3. The first-order valence-electron chi connectivity index (χ1n) is 5.52. The molecule has 0 saturated carbocycles. The highest BCUT2D eigenvalue weighted by molar-refractivity contribution is 5.19. The van der Waals surface area contributed by atoms with Crippen molar-refractivity contribution in [3.05, 3.63) is 35.9 Å². The van der Waals surface area contributed by atoms with Crippen molar-refractivity contribution in [3.63, 3.8) is 0 Å². The Morgan fingerprint density at radius 2 is 1.93 bits per heavy atom. The molecule has 0 bridgehead atoms. The normalized spacial score (nSPS) is 26.2. The molecule has 1 aromatic rings. The summed E-state index contributed by atoms with van der Waals surface area (Å²) >= 11 is 0. The minimum Gasteiger partial charge on any atom is -0.311 e. The van der Waals surface area contributed by atoms with Crippen LogP contribution >= 0.6 is 0 Å². The minimum absolute atomic E-state index is 0.376. The average Bonchev–Trinajstić information content (AvgIpc) is 2.12. The van der Waals surface area contributed by atoms with Gasteiger partial charge in [0, 0.05) is 5.54 Å². The highest BCUT2D eigenvalue weighted by Gasteiger charge is 2.39. The van der Waals surface area contributed by atoms with Gasteiger partial charge in [-0.25, -0.2) is 0 Å². The van der Waals surface area contributed by atoms with Crippen LogP contribution in [0.3, 0.4) is 0 Å². The standard InChI is InChI=1S/C13H19N/c1-11(2)13(8-9-14-13)10-12-6-4-3-5-7-12/h3-7,11,14H,8-10H2,1-2H3. The van der Waals surface area contributed by atoms with Crippen LogP contribution in [0, 0.1) is 5.92 Å². The van der Waals surface area contributed by atoms with Crippen molar-refractivity contribution in [3.8, 4) is 0 Å². The van der Waals surface area contributed by atoms with Crippen LogP contribution in [0.25, 0.3) is 0 Å². The first-order chi connectivity index (χ1) is 6.73. The van der Waals surface area contributed by atoms with Gasteiger partial charge in [0.1, 0.15) is 0 Å². The predicted molar refractivity (Wildman–Crippen MR) is 60.3 cm³/mol. The molecule has 1 atom stereocenters. The SMILES string of the molecule is CC(C)C1(Cc2ccccc2)CCN1. The molecule has 76 valence electrons. The number of hydrogen-bond donors (Lipinski definition) is 1. The fraction of sp³-hybridized carbons (Fsp3) is 0.538. The topological polar surface area (TPSA) is 12.0 Å². The van der Waals surface area contributed by atoms with Gasteiger partial charge >= 0.3 is 0 Å². The summed E-state index contributed by atoms with van der Waals surface area (Å²) in [5.41, 5.74) is 1.83. The van der Waals surface area contributed by atoms with Crippen molar-refractivity contribution in [2.24, 2.45) is 5.92 Å². The van der Waals surface area contributed by atoms with Crippen molar-refractivity contribution in [1.82, 2.24) is 5.32 Å². The highest BCUT2D eigenvalue weighted by atomic mass is 15.1. The molecule has 0 aromatic heterocycles. The molecule has 0 aliphatic carbocycles. The molecular weight excluding hydrogens is 170 g/mol. The van der Waals surface area contributed by atoms with E-state index in [0.717, 1.165) is 5.92 Å². The van der Waals surface area contributed by atoms with Crippen LogP contribution in [0.1, 0.15) is 25.8 Å². The van der Waals surface area contributed by atoms with E-state index in [4.69, 9.17) is 0 Å². The second-order valence-corrected chi connectivity index (χ2v) is 4.65. The maximum atomic E-state index is 3.61. The van der Waals surface area contributed by atoms with Crippen molar-refractivity contribution in [1.29, 1.82) is 0 Å². The molecule has 1 aromatic carbocycles. The van der Waals surface area contributed by atoms with E-state index in [1.165, 1.54) is 24.9 Å². The minimum atomic E-state index is 0.376. The molecule has 14 heavy (non-hydrogen) atoms. The van der Waals surface area contributed by atoms with E-state index >= 15 is 0 Å². The fourth-order valence-electron chi connectivity index (χ4n) is 2.25. The summed E-state index contributed by atoms with van der Waals surface area (Å²) in [5.74, 6) is 0.719. The van der Waals surface area contributed by atoms with E-state index in [1.54, 1.807) is 0 Å². The van der Waals surface area contributed by atoms with Crippen LogP contribution in [0.15, 0.2) is 30.3 Å². The monoisotopic (exact) mass is 189 g/mol. The lowest BCUT2D eigenvalue weighted by atomic mass is 9.73. The Bertz CT molecular complexity index is 285. The molecule has 1 nitrogen and oxygen atoms in total. The Kier molecular flexibility index (Phi) is 2.60. The Morgan fingerprint density at radius 3 is 2.36 bits per heavy atom. The molecule has 0 amide bonds. The van der Waals surface area contributed by atoms with Crippen molar-refractivity contribution in [2.45, 2.75) is 32.2 Å². The van der Waals surface area contributed by atoms with Gasteiger partial charge in [0.2, 0.25) is 0 Å². The van der Waals surface area contributed by atoms with Crippen LogP contribution < -0.4 is 5.32 Å². The van der Waals surface area contributed by atoms with Gasteiger partial charge in [-0.05, 0) is 30.9 Å². The van der Waals surface area contributed by atoms with Gasteiger partial charge in [-0.2, -0.15) is 0 Å². The third-order valence-corrected chi connectivity index (χ3v) is 3.52. The van der Waals surface area contributed by atoms with Crippen LogP contribution in [-0.4, -0.2) is 12.1 Å². The Hall–Kier alpha value is -0.820. The molecule has 0 spiro atoms. The molecule has 1 fully saturated rings. The lowest BCUT2D eigenvalue weighted by molar-refractivity contribution is 0.139. The zero-order valence-corrected chi connectivity index (χ0v) is 9.09. The first kappa shape index (κ1) is 9.72. The van der Waals surface area contributed by atoms with Gasteiger partial charge in [0.25, 0.3) is 0 Å². The largest absolute Gasteiger partial charge is 0.311 e. The molecule has 1 unspecified atom stereocenters. The van der Waals surface area contributed by atoms with Crippen molar-refractivity contribution >= 4 is 0 Å². The molecule has 2 rings (SSSR count). The maximum Gasteiger partial charge on any atom is 0.0256 e. The molecule has 1 aliphatic heterocycles. The van der Waals surface area contributed by atoms with E-state index in [1.807, 2.05) is 0 Å². The van der Waals surface area contributed by atoms with E-state index < -0.39 is 0 Å². The van der Waals surface area contributed by atoms with E-state index in [0.29, 0.717) is 5.54 Å². The average molecular weight is 189 g/mol. The van der Waals surface area contributed by atoms with E-state index in [2.05, 4.69) is 49.5 Å². The van der Waals surface area contributed by atoms with Gasteiger partial charge in [-0.3, -0.25) is 0 Å². The molecule has 0 radical (unpaired) electrons. The van der Waals surface area contributed by atoms with Crippen LogP contribution in [0.2, 0.25) is 0 Å². The van der Waals surface area contributed by atoms with Gasteiger partial charge in [-0.1, -0.05) is 44.2 Å². The summed E-state index contributed by atoms with van der Waals surface area (Å²) in [4.78, 5) is 0. The van der Waals surface area contributed by atoms with Gasteiger partial charge < -0.3 is 5.32 Å². The van der Waals surface area contributed by atoms with Gasteiger partial charge in [0.15, 0.2) is 0 Å². The zero-order valence-electron chi connectivity index (χ0n) is 9.09. The second-order valence-electron chi connectivity index (χ2n) is 4.65. The van der Waals surface area contributed by atoms with Crippen LogP contribution in [0.5, 0.6) is 0 Å². The number of hydrogen-bond acceptors (Lipinski definition) is 1. The van der Waals surface area contributed by atoms with Gasteiger partial charge in [0.05, 0.1) is 0 Å². The maximum absolute atomic E-state index is 3.61. The Balaban J connectivity index is 2.09. The summed E-state index contributed by atoms with van der Waals surface area (Å²) in [7, 11) is 0. The van der Waals surface area contributed by atoms with E-state index in [9.17, 15) is 0 Å². The fourth-order valence-corrected chi connectivity index (χ4v) is 2.25. The molecule has 1 N–H and O–H groups in total. The summed E-state index contributed by atoms with van der Waals surface area (Å²) in [6.45, 7) is 5.81.